The molecule has 4 aliphatic rings. The van der Waals surface area contributed by atoms with Crippen molar-refractivity contribution in [2.45, 2.75) is 142 Å². The van der Waals surface area contributed by atoms with Crippen molar-refractivity contribution < 1.29 is 197 Å². The van der Waals surface area contributed by atoms with Gasteiger partial charge in [0.2, 0.25) is 0 Å². The number of hydrogen-bond donors (Lipinski definition) is 4. The maximum Gasteiger partial charge on any atom is 0.524 e. The standard InChI is InChI=1S/C25H27N2O8P.C20H16N2O5.2C6H12F3O6PS.C5H13O4P.C2F6O5S2/c1-4-25(30)19-11-21-22-16(12-27(21)23(28)18(19)13-32-24(25)29)9-15-10-17(7-8-20(15)26-22)33-14-36(31,34-5-2)35-6-3;1-2-20(26)14-7-16-17-11(5-10-6-12(23)3-4-15(10)21-17)8-22(16)18(24)13(14)9-27-19(20)25;2*1-3-13-16(10,14-4-2)5-15-17(11,12)6(7,8)9;1-3-8-10(7,5-6)9-4-2;3-1(4,5)14(9,10)13-15(11,12)2(6,7)8/h7-11,30H,4-6,12-14H2,1-3H3;3-7,23,26H,2,8-9H2,1H3;2*3-5H2,1-2H3;6H,3-5H2,1-2H3;/t25-;20-;;;;/m00..../s1. The number of aromatic nitrogens is 4. The maximum atomic E-state index is 13.3. The van der Waals surface area contributed by atoms with Crippen LogP contribution in [0.1, 0.15) is 115 Å². The molecule has 688 valence electrons. The van der Waals surface area contributed by atoms with E-state index in [-0.39, 0.29) is 113 Å². The number of hydrogen-bond acceptors (Lipinski definition) is 36. The van der Waals surface area contributed by atoms with Crippen LogP contribution in [0.4, 0.5) is 52.7 Å². The summed E-state index contributed by atoms with van der Waals surface area (Å²) in [4.78, 5) is 60.2. The molecule has 6 aromatic rings. The number of phenolic OH excluding ortho intramolecular Hbond substituents is 1. The normalized spacial score (nSPS) is 16.7. The molecule has 0 aliphatic carbocycles. The lowest BCUT2D eigenvalue weighted by Crippen LogP contribution is -2.44. The third-order valence-electron chi connectivity index (χ3n) is 16.2. The first-order valence-corrected chi connectivity index (χ1v) is 47.7. The van der Waals surface area contributed by atoms with Gasteiger partial charge in [0, 0.05) is 33.0 Å². The number of cyclic esters (lactones) is 2. The number of carbonyl (C=O) groups excluding carboxylic acids is 2. The van der Waals surface area contributed by atoms with Crippen molar-refractivity contribution in [1.29, 1.82) is 0 Å². The SMILES string of the molecule is CCOP(=O)(CO)OCC.CCOP(=O)(COS(=O)(=O)C(F)(F)F)OCC.CCOP(=O)(COS(=O)(=O)C(F)(F)F)OCC.CCOP(=O)(COc1ccc2nc3c(cc2c1)Cn1c-3cc2c(c1=O)COC(=O)[C@]2(O)CC)OCC.CC[C@@]1(O)C(=O)OCc2c1cc1n(c2=O)Cc2cc3cc(O)ccc3nc2-1.O=S(=O)(OS(=O)(=O)C(F)(F)F)C(F)(F)F. The highest BCUT2D eigenvalue weighted by Gasteiger charge is 2.58. The van der Waals surface area contributed by atoms with Crippen molar-refractivity contribution in [2.75, 3.05) is 78.2 Å². The molecule has 38 nitrogen and oxygen atoms in total. The average Bonchev–Trinajstić information content (AvgIpc) is 1.21. The molecule has 4 N–H and O–H groups in total. The maximum absolute atomic E-state index is 13.3. The van der Waals surface area contributed by atoms with Gasteiger partial charge in [-0.15, -0.1) is 3.63 Å². The molecule has 0 radical (unpaired) electrons. The number of aliphatic hydroxyl groups excluding tert-OH is 1. The Morgan fingerprint density at radius 1 is 0.443 bits per heavy atom. The Kier molecular flexibility index (Phi) is 36.0. The van der Waals surface area contributed by atoms with Crippen LogP contribution < -0.4 is 15.9 Å². The summed E-state index contributed by atoms with van der Waals surface area (Å²) in [5, 5.41) is 41.6. The lowest BCUT2D eigenvalue weighted by Gasteiger charge is -2.31. The molecule has 0 amide bonds. The van der Waals surface area contributed by atoms with Crippen molar-refractivity contribution in [1.82, 2.24) is 19.1 Å². The van der Waals surface area contributed by atoms with E-state index in [1.54, 1.807) is 99.2 Å². The van der Waals surface area contributed by atoms with Gasteiger partial charge in [-0.2, -0.15) is 86.4 Å². The van der Waals surface area contributed by atoms with E-state index in [4.69, 9.17) is 42.4 Å². The quantitative estimate of drug-likeness (QED) is 0.0107. The zero-order valence-electron chi connectivity index (χ0n) is 65.3. The minimum atomic E-state index is -6.85. The number of pyridine rings is 4. The predicted molar refractivity (Wildman–Crippen MR) is 400 cm³/mol. The van der Waals surface area contributed by atoms with Crippen LogP contribution >= 0.6 is 30.4 Å². The number of nitrogens with zero attached hydrogens (tertiary/aromatic N) is 4. The summed E-state index contributed by atoms with van der Waals surface area (Å²) < 4.78 is 335. The molecule has 0 bridgehead atoms. The first-order valence-electron chi connectivity index (χ1n) is 35.1. The molecule has 0 saturated heterocycles. The third kappa shape index (κ3) is 25.5. The Bertz CT molecular complexity index is 5450. The molecule has 0 fully saturated rings. The lowest BCUT2D eigenvalue weighted by atomic mass is 9.86. The second kappa shape index (κ2) is 41.6. The monoisotopic (exact) mass is 1930 g/mol. The molecule has 0 saturated carbocycles. The van der Waals surface area contributed by atoms with Gasteiger partial charge in [-0.1, -0.05) is 13.8 Å². The van der Waals surface area contributed by atoms with Gasteiger partial charge in [0.25, 0.3) is 11.1 Å². The van der Waals surface area contributed by atoms with Gasteiger partial charge in [0.05, 0.1) is 111 Å². The van der Waals surface area contributed by atoms with Gasteiger partial charge in [0.1, 0.15) is 31.1 Å². The molecule has 4 aliphatic heterocycles. The van der Waals surface area contributed by atoms with E-state index in [9.17, 15) is 139 Å². The highest BCUT2D eigenvalue weighted by atomic mass is 32.3. The Morgan fingerprint density at radius 3 is 1.07 bits per heavy atom. The summed E-state index contributed by atoms with van der Waals surface area (Å²) in [5.41, 5.74) is -21.4. The Labute approximate surface area is 686 Å². The highest BCUT2D eigenvalue weighted by Crippen LogP contribution is 2.52. The number of aromatic hydroxyl groups is 1. The minimum absolute atomic E-state index is 0.0854. The second-order valence-corrected chi connectivity index (χ2v) is 38.8. The summed E-state index contributed by atoms with van der Waals surface area (Å²) >= 11 is 0. The minimum Gasteiger partial charge on any atom is -0.508 e. The fraction of sp³-hybridized carbons (Fsp3) is 0.531. The van der Waals surface area contributed by atoms with Crippen molar-refractivity contribution in [3.8, 4) is 34.3 Å². The number of alkyl halides is 12. The molecule has 122 heavy (non-hydrogen) atoms. The second-order valence-electron chi connectivity index (χ2n) is 24.3. The molecule has 0 unspecified atom stereocenters. The van der Waals surface area contributed by atoms with Gasteiger partial charge < -0.3 is 80.0 Å². The van der Waals surface area contributed by atoms with Crippen LogP contribution in [0.2, 0.25) is 0 Å². The van der Waals surface area contributed by atoms with Gasteiger partial charge in [-0.3, -0.25) is 36.2 Å². The van der Waals surface area contributed by atoms with Crippen LogP contribution in [0.5, 0.6) is 11.5 Å². The van der Waals surface area contributed by atoms with Gasteiger partial charge in [-0.25, -0.2) is 19.6 Å². The van der Waals surface area contributed by atoms with E-state index in [1.807, 2.05) is 15.8 Å². The van der Waals surface area contributed by atoms with Gasteiger partial charge in [-0.05, 0) is 129 Å². The third-order valence-corrected chi connectivity index (χ3v) is 28.0. The Hall–Kier alpha value is -6.98. The summed E-state index contributed by atoms with van der Waals surface area (Å²) in [5.74, 6) is -0.855. The first kappa shape index (κ1) is 106. The van der Waals surface area contributed by atoms with E-state index in [0.29, 0.717) is 63.8 Å². The van der Waals surface area contributed by atoms with E-state index in [2.05, 4.69) is 31.4 Å². The Balaban J connectivity index is 0.000000275. The lowest BCUT2D eigenvalue weighted by molar-refractivity contribution is -0.172. The van der Waals surface area contributed by atoms with Crippen LogP contribution in [-0.4, -0.2) is 185 Å². The zero-order valence-corrected chi connectivity index (χ0v) is 72.1. The molecular weight excluding hydrogens is 1850 g/mol. The van der Waals surface area contributed by atoms with E-state index >= 15 is 0 Å². The van der Waals surface area contributed by atoms with Crippen molar-refractivity contribution in [3.63, 3.8) is 0 Å². The summed E-state index contributed by atoms with van der Waals surface area (Å²) in [6.07, 6.45) is -3.19. The highest BCUT2D eigenvalue weighted by molar-refractivity contribution is 8.00. The molecular formula is C64H80F12N4O34P4S4. The number of benzene rings is 2. The van der Waals surface area contributed by atoms with Crippen LogP contribution in [0, 0.1) is 0 Å². The molecule has 8 heterocycles. The summed E-state index contributed by atoms with van der Waals surface area (Å²) in [6, 6.07) is 17.4. The van der Waals surface area contributed by atoms with E-state index in [1.165, 1.54) is 27.7 Å². The molecule has 4 aromatic heterocycles. The number of rotatable bonds is 30. The van der Waals surface area contributed by atoms with Gasteiger partial charge >= 0.3 is 105 Å². The number of carbonyl (C=O) groups is 2. The van der Waals surface area contributed by atoms with Crippen molar-refractivity contribution in [3.05, 3.63) is 115 Å². The number of phenols is 1. The van der Waals surface area contributed by atoms with Crippen LogP contribution in [-0.2, 0) is 163 Å². The smallest absolute Gasteiger partial charge is 0.508 e. The number of fused-ring (bicyclic) bond motifs is 10. The molecule has 58 heteroatoms. The number of halogens is 12. The largest absolute Gasteiger partial charge is 0.524 e. The predicted octanol–water partition coefficient (Wildman–Crippen LogP) is 11.5. The summed E-state index contributed by atoms with van der Waals surface area (Å²) in [6.45, 7) is 16.8. The first-order chi connectivity index (χ1) is 56.2. The van der Waals surface area contributed by atoms with Crippen LogP contribution in [0.25, 0.3) is 44.6 Å². The van der Waals surface area contributed by atoms with Crippen LogP contribution in [0.15, 0.2) is 70.3 Å². The number of esters is 2. The number of aliphatic hydroxyl groups is 3. The molecule has 10 rings (SSSR count). The summed E-state index contributed by atoms with van der Waals surface area (Å²) in [7, 11) is -39.8. The fourth-order valence-corrected chi connectivity index (χ4v) is 19.1. The molecule has 2 aromatic carbocycles. The van der Waals surface area contributed by atoms with Crippen molar-refractivity contribution in [2.24, 2.45) is 0 Å². The number of ether oxygens (including phenoxy) is 3. The molecule has 0 spiro atoms. The van der Waals surface area contributed by atoms with Crippen molar-refractivity contribution >= 4 is 105 Å². The average molecular weight is 1930 g/mol. The van der Waals surface area contributed by atoms with E-state index < -0.39 is 135 Å². The van der Waals surface area contributed by atoms with Gasteiger partial charge in [0.15, 0.2) is 30.2 Å². The topological polar surface area (TPSA) is 519 Å². The fourth-order valence-electron chi connectivity index (χ4n) is 10.8. The zero-order chi connectivity index (χ0) is 92.8. The van der Waals surface area contributed by atoms with E-state index in [0.717, 1.165) is 21.9 Å². The Morgan fingerprint density at radius 2 is 0.754 bits per heavy atom. The van der Waals surface area contributed by atoms with Crippen LogP contribution in [0.3, 0.4) is 0 Å². The molecule has 2 atom stereocenters.